The smallest absolute Gasteiger partial charge is 0.140 e. The normalized spacial score (nSPS) is 19.9. The van der Waals surface area contributed by atoms with Gasteiger partial charge in [-0.15, -0.1) is 0 Å². The van der Waals surface area contributed by atoms with E-state index in [2.05, 4.69) is 37.5 Å². The number of pyridine rings is 2. The van der Waals surface area contributed by atoms with Crippen LogP contribution in [0.2, 0.25) is 0 Å². The first-order chi connectivity index (χ1) is 11.8. The van der Waals surface area contributed by atoms with Crippen LogP contribution in [0.3, 0.4) is 0 Å². The average Bonchev–Trinajstić information content (AvgIpc) is 2.68. The van der Waals surface area contributed by atoms with E-state index < -0.39 is 0 Å². The monoisotopic (exact) mass is 345 g/mol. The minimum atomic E-state index is 0.768. The molecular formula is C17H23N5OS. The van der Waals surface area contributed by atoms with Crippen molar-refractivity contribution in [2.45, 2.75) is 0 Å². The van der Waals surface area contributed by atoms with Crippen molar-refractivity contribution in [1.29, 1.82) is 0 Å². The minimum absolute atomic E-state index is 0.768. The number of fused-ring (bicyclic) bond motifs is 1. The molecule has 0 atom stereocenters. The summed E-state index contributed by atoms with van der Waals surface area (Å²) in [6, 6.07) is 6.25. The Morgan fingerprint density at radius 2 is 1.83 bits per heavy atom. The molecule has 0 saturated carbocycles. The van der Waals surface area contributed by atoms with Gasteiger partial charge in [0.2, 0.25) is 0 Å². The summed E-state index contributed by atoms with van der Waals surface area (Å²) in [7, 11) is 0. The van der Waals surface area contributed by atoms with Gasteiger partial charge in [0.25, 0.3) is 0 Å². The molecule has 4 rings (SSSR count). The SMILES string of the molecule is CSN1CCN(c2nc(N3CCOCC3)cc3ncccc23)CC1. The minimum Gasteiger partial charge on any atom is -0.378 e. The van der Waals surface area contributed by atoms with E-state index in [1.54, 1.807) is 0 Å². The second-order valence-electron chi connectivity index (χ2n) is 6.07. The molecule has 2 saturated heterocycles. The first kappa shape index (κ1) is 15.9. The highest BCUT2D eigenvalue weighted by Gasteiger charge is 2.22. The fraction of sp³-hybridized carbons (Fsp3) is 0.529. The summed E-state index contributed by atoms with van der Waals surface area (Å²) in [5, 5.41) is 1.15. The summed E-state index contributed by atoms with van der Waals surface area (Å²) in [5.41, 5.74) is 1.02. The summed E-state index contributed by atoms with van der Waals surface area (Å²) in [6.45, 7) is 7.46. The zero-order valence-corrected chi connectivity index (χ0v) is 14.8. The van der Waals surface area contributed by atoms with Gasteiger partial charge in [-0.2, -0.15) is 0 Å². The summed E-state index contributed by atoms with van der Waals surface area (Å²) in [5.74, 6) is 2.09. The summed E-state index contributed by atoms with van der Waals surface area (Å²) in [4.78, 5) is 14.3. The molecule has 2 aromatic rings. The number of nitrogens with zero attached hydrogens (tertiary/aromatic N) is 5. The molecule has 2 aliphatic rings. The molecule has 128 valence electrons. The number of morpholine rings is 1. The Morgan fingerprint density at radius 1 is 1.04 bits per heavy atom. The Balaban J connectivity index is 1.70. The van der Waals surface area contributed by atoms with E-state index in [0.717, 1.165) is 75.0 Å². The molecular weight excluding hydrogens is 322 g/mol. The molecule has 0 aliphatic carbocycles. The lowest BCUT2D eigenvalue weighted by atomic mass is 10.2. The van der Waals surface area contributed by atoms with E-state index >= 15 is 0 Å². The van der Waals surface area contributed by atoms with Crippen LogP contribution in [0.4, 0.5) is 11.6 Å². The molecule has 2 fully saturated rings. The third-order valence-corrected chi connectivity index (χ3v) is 5.58. The first-order valence-corrected chi connectivity index (χ1v) is 9.66. The lowest BCUT2D eigenvalue weighted by Crippen LogP contribution is -2.44. The van der Waals surface area contributed by atoms with Gasteiger partial charge in [0, 0.05) is 56.9 Å². The Kier molecular flexibility index (Phi) is 4.73. The molecule has 2 aromatic heterocycles. The van der Waals surface area contributed by atoms with Crippen LogP contribution in [0.25, 0.3) is 10.9 Å². The molecule has 7 heteroatoms. The Labute approximate surface area is 146 Å². The zero-order valence-electron chi connectivity index (χ0n) is 14.0. The van der Waals surface area contributed by atoms with Gasteiger partial charge < -0.3 is 14.5 Å². The maximum atomic E-state index is 5.48. The number of aromatic nitrogens is 2. The van der Waals surface area contributed by atoms with Crippen LogP contribution in [0, 0.1) is 0 Å². The highest BCUT2D eigenvalue weighted by atomic mass is 32.2. The van der Waals surface area contributed by atoms with Crippen molar-refractivity contribution in [3.05, 3.63) is 24.4 Å². The van der Waals surface area contributed by atoms with Crippen LogP contribution >= 0.6 is 11.9 Å². The first-order valence-electron chi connectivity index (χ1n) is 8.47. The molecule has 2 aliphatic heterocycles. The third-order valence-electron chi connectivity index (χ3n) is 4.70. The molecule has 4 heterocycles. The van der Waals surface area contributed by atoms with Crippen LogP contribution in [0.15, 0.2) is 24.4 Å². The largest absolute Gasteiger partial charge is 0.378 e. The van der Waals surface area contributed by atoms with Gasteiger partial charge in [0.05, 0.1) is 18.7 Å². The third kappa shape index (κ3) is 3.16. The van der Waals surface area contributed by atoms with Crippen molar-refractivity contribution >= 4 is 34.5 Å². The second-order valence-corrected chi connectivity index (χ2v) is 6.95. The standard InChI is InChI=1S/C17H23N5OS/c1-24-22-7-5-21(6-8-22)17-14-3-2-4-18-15(14)13-16(19-17)20-9-11-23-12-10-20/h2-4,13H,5-12H2,1H3. The van der Waals surface area contributed by atoms with Crippen molar-refractivity contribution in [1.82, 2.24) is 14.3 Å². The fourth-order valence-corrected chi connectivity index (χ4v) is 3.85. The Bertz CT molecular complexity index is 698. The van der Waals surface area contributed by atoms with E-state index in [9.17, 15) is 0 Å². The van der Waals surface area contributed by atoms with Crippen molar-refractivity contribution < 1.29 is 4.74 Å². The van der Waals surface area contributed by atoms with Gasteiger partial charge in [0.15, 0.2) is 0 Å². The maximum Gasteiger partial charge on any atom is 0.140 e. The Hall–Kier alpha value is -1.57. The summed E-state index contributed by atoms with van der Waals surface area (Å²) >= 11 is 1.82. The number of anilines is 2. The molecule has 6 nitrogen and oxygen atoms in total. The van der Waals surface area contributed by atoms with Gasteiger partial charge in [-0.25, -0.2) is 9.29 Å². The van der Waals surface area contributed by atoms with Crippen LogP contribution in [-0.2, 0) is 4.74 Å². The second kappa shape index (κ2) is 7.13. The van der Waals surface area contributed by atoms with E-state index in [1.807, 2.05) is 24.2 Å². The maximum absolute atomic E-state index is 5.48. The van der Waals surface area contributed by atoms with E-state index in [0.29, 0.717) is 0 Å². The molecule has 0 radical (unpaired) electrons. The van der Waals surface area contributed by atoms with Crippen LogP contribution < -0.4 is 9.80 Å². The quantitative estimate of drug-likeness (QED) is 0.787. The van der Waals surface area contributed by atoms with Gasteiger partial charge in [-0.1, -0.05) is 11.9 Å². The Morgan fingerprint density at radius 3 is 2.58 bits per heavy atom. The van der Waals surface area contributed by atoms with Crippen molar-refractivity contribution in [3.8, 4) is 0 Å². The molecule has 0 N–H and O–H groups in total. The van der Waals surface area contributed by atoms with E-state index in [-0.39, 0.29) is 0 Å². The van der Waals surface area contributed by atoms with Gasteiger partial charge in [-0.05, 0) is 18.4 Å². The number of rotatable bonds is 3. The number of hydrogen-bond donors (Lipinski definition) is 0. The summed E-state index contributed by atoms with van der Waals surface area (Å²) < 4.78 is 7.88. The van der Waals surface area contributed by atoms with Crippen molar-refractivity contribution in [2.75, 3.05) is 68.5 Å². The van der Waals surface area contributed by atoms with E-state index in [4.69, 9.17) is 9.72 Å². The van der Waals surface area contributed by atoms with Crippen LogP contribution in [-0.4, -0.2) is 73.0 Å². The number of ether oxygens (including phenoxy) is 1. The highest BCUT2D eigenvalue weighted by molar-refractivity contribution is 7.96. The topological polar surface area (TPSA) is 44.7 Å². The molecule has 0 aromatic carbocycles. The molecule has 0 unspecified atom stereocenters. The summed E-state index contributed by atoms with van der Waals surface area (Å²) in [6.07, 6.45) is 4.01. The van der Waals surface area contributed by atoms with Gasteiger partial charge in [-0.3, -0.25) is 4.98 Å². The number of hydrogen-bond acceptors (Lipinski definition) is 7. The molecule has 0 bridgehead atoms. The van der Waals surface area contributed by atoms with E-state index in [1.165, 1.54) is 0 Å². The molecule has 24 heavy (non-hydrogen) atoms. The molecule has 0 spiro atoms. The lowest BCUT2D eigenvalue weighted by Gasteiger charge is -2.35. The van der Waals surface area contributed by atoms with Crippen molar-refractivity contribution in [3.63, 3.8) is 0 Å². The van der Waals surface area contributed by atoms with Crippen molar-refractivity contribution in [2.24, 2.45) is 0 Å². The predicted octanol–water partition coefficient (Wildman–Crippen LogP) is 1.87. The fourth-order valence-electron chi connectivity index (χ4n) is 3.32. The van der Waals surface area contributed by atoms with Gasteiger partial charge >= 0.3 is 0 Å². The molecule has 0 amide bonds. The number of piperazine rings is 1. The average molecular weight is 345 g/mol. The van der Waals surface area contributed by atoms with Crippen LogP contribution in [0.5, 0.6) is 0 Å². The van der Waals surface area contributed by atoms with Gasteiger partial charge in [0.1, 0.15) is 11.6 Å². The highest BCUT2D eigenvalue weighted by Crippen LogP contribution is 2.29. The zero-order chi connectivity index (χ0) is 16.4. The predicted molar refractivity (Wildman–Crippen MR) is 99.9 cm³/mol. The lowest BCUT2D eigenvalue weighted by molar-refractivity contribution is 0.122. The van der Waals surface area contributed by atoms with Crippen LogP contribution in [0.1, 0.15) is 0 Å².